The number of furan rings is 1. The Hall–Kier alpha value is -7.63. The van der Waals surface area contributed by atoms with E-state index < -0.39 is 0 Å². The molecule has 0 aliphatic carbocycles. The molecule has 56 heavy (non-hydrogen) atoms. The van der Waals surface area contributed by atoms with Gasteiger partial charge in [0.05, 0.1) is 11.0 Å². The number of benzene rings is 8. The van der Waals surface area contributed by atoms with Crippen molar-refractivity contribution in [1.29, 1.82) is 0 Å². The normalized spacial score (nSPS) is 11.6. The van der Waals surface area contributed by atoms with Crippen molar-refractivity contribution in [3.63, 3.8) is 0 Å². The third kappa shape index (κ3) is 5.45. The van der Waals surface area contributed by atoms with Crippen LogP contribution < -0.4 is 0 Å². The molecule has 262 valence electrons. The lowest BCUT2D eigenvalue weighted by molar-refractivity contribution is 0.669. The van der Waals surface area contributed by atoms with E-state index in [9.17, 15) is 0 Å². The standard InChI is InChI=1S/C51H32N4O/c1-4-13-33(14-5-1)37-19-12-20-38(29-37)34-23-26-40(27-24-34)55-45-22-11-10-21-41(45)43-31-44-42-28-25-39(30-47(42)56-48(44)32-46(43)55)51-53-49(35-15-6-2-7-16-35)52-50(54-51)36-17-8-3-9-18-36/h1-32H. The molecule has 8 aromatic carbocycles. The van der Waals surface area contributed by atoms with Gasteiger partial charge in [0.25, 0.3) is 0 Å². The molecule has 11 rings (SSSR count). The van der Waals surface area contributed by atoms with Gasteiger partial charge in [0.1, 0.15) is 11.2 Å². The summed E-state index contributed by atoms with van der Waals surface area (Å²) < 4.78 is 9.02. The van der Waals surface area contributed by atoms with Gasteiger partial charge < -0.3 is 8.98 Å². The second kappa shape index (κ2) is 13.0. The summed E-state index contributed by atoms with van der Waals surface area (Å²) in [6.07, 6.45) is 0. The number of rotatable bonds is 6. The molecule has 0 saturated carbocycles. The molecule has 3 heterocycles. The molecule has 0 aliphatic heterocycles. The molecule has 0 N–H and O–H groups in total. The predicted molar refractivity (Wildman–Crippen MR) is 229 cm³/mol. The number of aromatic nitrogens is 4. The molecule has 0 atom stereocenters. The SMILES string of the molecule is c1ccc(-c2cccc(-c3ccc(-n4c5ccccc5c5cc6c(cc54)oc4cc(-c5nc(-c7ccccc7)nc(-c7ccccc7)n5)ccc46)cc3)c2)cc1. The molecule has 0 spiro atoms. The molecule has 0 amide bonds. The second-order valence-electron chi connectivity index (χ2n) is 14.1. The molecule has 0 fully saturated rings. The van der Waals surface area contributed by atoms with Crippen molar-refractivity contribution in [2.45, 2.75) is 0 Å². The molecule has 3 aromatic heterocycles. The van der Waals surface area contributed by atoms with Crippen LogP contribution in [0.2, 0.25) is 0 Å². The highest BCUT2D eigenvalue weighted by Crippen LogP contribution is 2.40. The molecular weight excluding hydrogens is 685 g/mol. The molecule has 5 nitrogen and oxygen atoms in total. The Kier molecular flexibility index (Phi) is 7.42. The number of para-hydroxylation sites is 1. The van der Waals surface area contributed by atoms with Crippen LogP contribution >= 0.6 is 0 Å². The van der Waals surface area contributed by atoms with Crippen LogP contribution in [-0.4, -0.2) is 19.5 Å². The minimum absolute atomic E-state index is 0.595. The van der Waals surface area contributed by atoms with Gasteiger partial charge in [-0.1, -0.05) is 146 Å². The zero-order valence-corrected chi connectivity index (χ0v) is 30.2. The average molecular weight is 717 g/mol. The largest absolute Gasteiger partial charge is 0.456 e. The van der Waals surface area contributed by atoms with E-state index >= 15 is 0 Å². The first kappa shape index (κ1) is 31.9. The van der Waals surface area contributed by atoms with Crippen LogP contribution in [0.3, 0.4) is 0 Å². The minimum Gasteiger partial charge on any atom is -0.456 e. The molecule has 0 bridgehead atoms. The quantitative estimate of drug-likeness (QED) is 0.172. The first-order valence-corrected chi connectivity index (χ1v) is 18.8. The van der Waals surface area contributed by atoms with Crippen LogP contribution in [0.15, 0.2) is 199 Å². The number of fused-ring (bicyclic) bond motifs is 6. The number of hydrogen-bond donors (Lipinski definition) is 0. The summed E-state index contributed by atoms with van der Waals surface area (Å²) in [5, 5.41) is 4.49. The van der Waals surface area contributed by atoms with Gasteiger partial charge in [-0.3, -0.25) is 0 Å². The Morgan fingerprint density at radius 3 is 1.48 bits per heavy atom. The second-order valence-corrected chi connectivity index (χ2v) is 14.1. The maximum atomic E-state index is 6.68. The lowest BCUT2D eigenvalue weighted by Gasteiger charge is -2.10. The van der Waals surface area contributed by atoms with Crippen LogP contribution in [0.5, 0.6) is 0 Å². The van der Waals surface area contributed by atoms with Crippen molar-refractivity contribution in [3.05, 3.63) is 194 Å². The van der Waals surface area contributed by atoms with Gasteiger partial charge in [0, 0.05) is 50.0 Å². The molecule has 0 radical (unpaired) electrons. The van der Waals surface area contributed by atoms with E-state index in [0.29, 0.717) is 17.5 Å². The van der Waals surface area contributed by atoms with Gasteiger partial charge in [0.15, 0.2) is 17.5 Å². The highest BCUT2D eigenvalue weighted by molar-refractivity contribution is 6.17. The number of nitrogens with zero attached hydrogens (tertiary/aromatic N) is 4. The third-order valence-corrected chi connectivity index (χ3v) is 10.7. The highest BCUT2D eigenvalue weighted by Gasteiger charge is 2.18. The van der Waals surface area contributed by atoms with Crippen LogP contribution in [0.25, 0.3) is 106 Å². The van der Waals surface area contributed by atoms with Crippen molar-refractivity contribution >= 4 is 43.7 Å². The summed E-state index contributed by atoms with van der Waals surface area (Å²) in [7, 11) is 0. The van der Waals surface area contributed by atoms with Gasteiger partial charge in [-0.25, -0.2) is 15.0 Å². The van der Waals surface area contributed by atoms with E-state index in [-0.39, 0.29) is 0 Å². The summed E-state index contributed by atoms with van der Waals surface area (Å²) in [6, 6.07) is 67.6. The Bertz CT molecular complexity index is 3160. The van der Waals surface area contributed by atoms with Crippen LogP contribution in [0, 0.1) is 0 Å². The highest BCUT2D eigenvalue weighted by atomic mass is 16.3. The van der Waals surface area contributed by atoms with Gasteiger partial charge in [-0.05, 0) is 64.7 Å². The van der Waals surface area contributed by atoms with Crippen molar-refractivity contribution < 1.29 is 4.42 Å². The Morgan fingerprint density at radius 1 is 0.304 bits per heavy atom. The molecule has 0 aliphatic rings. The van der Waals surface area contributed by atoms with E-state index in [2.05, 4.69) is 138 Å². The fourth-order valence-corrected chi connectivity index (χ4v) is 7.91. The van der Waals surface area contributed by atoms with Crippen LogP contribution in [0.1, 0.15) is 0 Å². The average Bonchev–Trinajstić information content (AvgIpc) is 3.80. The maximum Gasteiger partial charge on any atom is 0.164 e. The topological polar surface area (TPSA) is 56.7 Å². The maximum absolute atomic E-state index is 6.68. The van der Waals surface area contributed by atoms with Crippen molar-refractivity contribution in [2.75, 3.05) is 0 Å². The molecule has 0 unspecified atom stereocenters. The smallest absolute Gasteiger partial charge is 0.164 e. The zero-order chi connectivity index (χ0) is 37.0. The Morgan fingerprint density at radius 2 is 0.821 bits per heavy atom. The van der Waals surface area contributed by atoms with Crippen LogP contribution in [-0.2, 0) is 0 Å². The van der Waals surface area contributed by atoms with Crippen molar-refractivity contribution in [3.8, 4) is 62.1 Å². The zero-order valence-electron chi connectivity index (χ0n) is 30.2. The van der Waals surface area contributed by atoms with Crippen LogP contribution in [0.4, 0.5) is 0 Å². The number of hydrogen-bond acceptors (Lipinski definition) is 4. The summed E-state index contributed by atoms with van der Waals surface area (Å²) in [6.45, 7) is 0. The Balaban J connectivity index is 1.02. The molecule has 11 aromatic rings. The Labute approximate surface area is 322 Å². The van der Waals surface area contributed by atoms with Gasteiger partial charge in [-0.15, -0.1) is 0 Å². The molecular formula is C51H32N4O. The minimum atomic E-state index is 0.595. The summed E-state index contributed by atoms with van der Waals surface area (Å²) >= 11 is 0. The lowest BCUT2D eigenvalue weighted by Crippen LogP contribution is -2.00. The first-order valence-electron chi connectivity index (χ1n) is 18.8. The van der Waals surface area contributed by atoms with E-state index in [1.54, 1.807) is 0 Å². The summed E-state index contributed by atoms with van der Waals surface area (Å²) in [4.78, 5) is 14.8. The fraction of sp³-hybridized carbons (Fsp3) is 0. The monoisotopic (exact) mass is 716 g/mol. The van der Waals surface area contributed by atoms with E-state index in [0.717, 1.165) is 55.3 Å². The molecule has 0 saturated heterocycles. The lowest BCUT2D eigenvalue weighted by atomic mass is 9.99. The summed E-state index contributed by atoms with van der Waals surface area (Å²) in [5.74, 6) is 1.85. The van der Waals surface area contributed by atoms with E-state index in [1.807, 2.05) is 60.7 Å². The first-order chi connectivity index (χ1) is 27.7. The van der Waals surface area contributed by atoms with E-state index in [4.69, 9.17) is 19.4 Å². The van der Waals surface area contributed by atoms with Crippen molar-refractivity contribution in [2.24, 2.45) is 0 Å². The van der Waals surface area contributed by atoms with Gasteiger partial charge in [0.2, 0.25) is 0 Å². The third-order valence-electron chi connectivity index (χ3n) is 10.7. The van der Waals surface area contributed by atoms with E-state index in [1.165, 1.54) is 33.0 Å². The molecule has 5 heteroatoms. The predicted octanol–water partition coefficient (Wildman–Crippen LogP) is 13.2. The summed E-state index contributed by atoms with van der Waals surface area (Å²) in [5.41, 5.74) is 12.5. The van der Waals surface area contributed by atoms with Crippen molar-refractivity contribution in [1.82, 2.24) is 19.5 Å². The van der Waals surface area contributed by atoms with Gasteiger partial charge >= 0.3 is 0 Å². The fourth-order valence-electron chi connectivity index (χ4n) is 7.91. The van der Waals surface area contributed by atoms with Gasteiger partial charge in [-0.2, -0.15) is 0 Å².